The molecule has 1 saturated carbocycles. The maximum absolute atomic E-state index is 14.6. The zero-order chi connectivity index (χ0) is 26.1. The highest BCUT2D eigenvalue weighted by atomic mass is 19.4. The van der Waals surface area contributed by atoms with E-state index in [0.717, 1.165) is 12.1 Å². The van der Waals surface area contributed by atoms with Crippen molar-refractivity contribution in [3.8, 4) is 11.4 Å². The summed E-state index contributed by atoms with van der Waals surface area (Å²) in [5, 5.41) is 18.9. The molecule has 1 aliphatic carbocycles. The van der Waals surface area contributed by atoms with Crippen molar-refractivity contribution in [2.75, 3.05) is 19.0 Å². The lowest BCUT2D eigenvalue weighted by atomic mass is 9.93. The predicted molar refractivity (Wildman–Crippen MR) is 119 cm³/mol. The molecule has 1 heterocycles. The summed E-state index contributed by atoms with van der Waals surface area (Å²) in [6.45, 7) is 2.06. The number of benzene rings is 2. The van der Waals surface area contributed by atoms with Gasteiger partial charge in [0.1, 0.15) is 5.82 Å². The van der Waals surface area contributed by atoms with Crippen LogP contribution < -0.4 is 10.6 Å². The lowest BCUT2D eigenvalue weighted by Gasteiger charge is -2.19. The zero-order valence-electron chi connectivity index (χ0n) is 19.2. The molecule has 36 heavy (non-hydrogen) atoms. The SMILES string of the molecule is COC[C@H](C)NC(=O)c1ccc(NC(=O)C2(c3ccc(C(F)(F)F)cc3F)CC2)cc1-c1nnn[nH]1. The Morgan fingerprint density at radius 3 is 2.53 bits per heavy atom. The first-order valence-corrected chi connectivity index (χ1v) is 10.9. The van der Waals surface area contributed by atoms with E-state index < -0.39 is 34.8 Å². The van der Waals surface area contributed by atoms with E-state index in [4.69, 9.17) is 4.74 Å². The van der Waals surface area contributed by atoms with E-state index in [-0.39, 0.29) is 41.5 Å². The number of carbonyl (C=O) groups excluding carboxylic acids is 2. The predicted octanol–water partition coefficient (Wildman–Crippen LogP) is 3.46. The van der Waals surface area contributed by atoms with Crippen molar-refractivity contribution in [3.05, 3.63) is 58.9 Å². The first-order valence-electron chi connectivity index (χ1n) is 10.9. The van der Waals surface area contributed by atoms with Crippen molar-refractivity contribution in [1.82, 2.24) is 25.9 Å². The van der Waals surface area contributed by atoms with Gasteiger partial charge in [0, 0.05) is 30.0 Å². The lowest BCUT2D eigenvalue weighted by Crippen LogP contribution is -2.36. The molecular weight excluding hydrogens is 484 g/mol. The second-order valence-corrected chi connectivity index (χ2v) is 8.57. The van der Waals surface area contributed by atoms with E-state index in [9.17, 15) is 27.2 Å². The average Bonchev–Trinajstić information content (AvgIpc) is 3.43. The Balaban J connectivity index is 1.60. The van der Waals surface area contributed by atoms with Gasteiger partial charge in [-0.25, -0.2) is 9.49 Å². The molecule has 3 N–H and O–H groups in total. The van der Waals surface area contributed by atoms with Gasteiger partial charge in [0.25, 0.3) is 5.91 Å². The number of carbonyl (C=O) groups is 2. The summed E-state index contributed by atoms with van der Waals surface area (Å²) >= 11 is 0. The van der Waals surface area contributed by atoms with Crippen LogP contribution in [0, 0.1) is 5.82 Å². The van der Waals surface area contributed by atoms with Gasteiger partial charge in [-0.1, -0.05) is 6.07 Å². The second kappa shape index (κ2) is 9.64. The van der Waals surface area contributed by atoms with E-state index in [0.29, 0.717) is 18.2 Å². The normalized spacial score (nSPS) is 15.3. The quantitative estimate of drug-likeness (QED) is 0.403. The fourth-order valence-electron chi connectivity index (χ4n) is 3.96. The van der Waals surface area contributed by atoms with Crippen LogP contribution in [0.4, 0.5) is 23.2 Å². The number of tetrazole rings is 1. The Kier molecular flexibility index (Phi) is 6.76. The maximum atomic E-state index is 14.6. The number of methoxy groups -OCH3 is 1. The van der Waals surface area contributed by atoms with Crippen LogP contribution >= 0.6 is 0 Å². The Bertz CT molecular complexity index is 1280. The maximum Gasteiger partial charge on any atom is 0.416 e. The fourth-order valence-corrected chi connectivity index (χ4v) is 3.96. The summed E-state index contributed by atoms with van der Waals surface area (Å²) in [6, 6.07) is 6.33. The molecule has 1 aromatic heterocycles. The molecule has 1 aliphatic rings. The molecular formula is C23H22F4N6O3. The van der Waals surface area contributed by atoms with Crippen molar-refractivity contribution in [3.63, 3.8) is 0 Å². The molecule has 2 amide bonds. The lowest BCUT2D eigenvalue weighted by molar-refractivity contribution is -0.137. The molecule has 0 saturated heterocycles. The number of H-pyrrole nitrogens is 1. The molecule has 190 valence electrons. The highest BCUT2D eigenvalue weighted by Gasteiger charge is 2.53. The standard InChI is InChI=1S/C23H22F4N6O3/c1-12(11-36-2)28-20(34)15-5-4-14(10-16(15)19-30-32-33-31-19)29-21(35)22(7-8-22)17-6-3-13(9-18(17)24)23(25,26)27/h3-6,9-10,12H,7-8,11H2,1-2H3,(H,28,34)(H,29,35)(H,30,31,32,33)/t12-/m0/s1. The van der Waals surface area contributed by atoms with Gasteiger partial charge in [-0.05, 0) is 60.5 Å². The Morgan fingerprint density at radius 2 is 1.94 bits per heavy atom. The van der Waals surface area contributed by atoms with Crippen molar-refractivity contribution in [2.45, 2.75) is 37.4 Å². The number of aromatic amines is 1. The smallest absolute Gasteiger partial charge is 0.383 e. The van der Waals surface area contributed by atoms with Crippen molar-refractivity contribution >= 4 is 17.5 Å². The number of nitrogens with zero attached hydrogens (tertiary/aromatic N) is 3. The van der Waals surface area contributed by atoms with E-state index >= 15 is 0 Å². The van der Waals surface area contributed by atoms with Crippen LogP contribution in [0.5, 0.6) is 0 Å². The van der Waals surface area contributed by atoms with E-state index in [1.807, 2.05) is 0 Å². The highest BCUT2D eigenvalue weighted by molar-refractivity contribution is 6.04. The molecule has 9 nitrogen and oxygen atoms in total. The molecule has 0 spiro atoms. The number of ether oxygens (including phenoxy) is 1. The summed E-state index contributed by atoms with van der Waals surface area (Å²) in [7, 11) is 1.51. The summed E-state index contributed by atoms with van der Waals surface area (Å²) in [5.74, 6) is -1.92. The van der Waals surface area contributed by atoms with Gasteiger partial charge in [-0.3, -0.25) is 9.59 Å². The molecule has 0 aliphatic heterocycles. The Hall–Kier alpha value is -3.87. The highest BCUT2D eigenvalue weighted by Crippen LogP contribution is 2.50. The number of rotatable bonds is 8. The molecule has 0 bridgehead atoms. The third-order valence-corrected chi connectivity index (χ3v) is 5.91. The van der Waals surface area contributed by atoms with Gasteiger partial charge >= 0.3 is 6.18 Å². The van der Waals surface area contributed by atoms with Crippen molar-refractivity contribution in [2.24, 2.45) is 0 Å². The number of halogens is 4. The Morgan fingerprint density at radius 1 is 1.19 bits per heavy atom. The van der Waals surface area contributed by atoms with Crippen molar-refractivity contribution < 1.29 is 31.9 Å². The third kappa shape index (κ3) is 5.05. The Labute approximate surface area is 202 Å². The van der Waals surface area contributed by atoms with Crippen LogP contribution in [0.25, 0.3) is 11.4 Å². The summed E-state index contributed by atoms with van der Waals surface area (Å²) in [5.41, 5.74) is -1.72. The van der Waals surface area contributed by atoms with Crippen molar-refractivity contribution in [1.29, 1.82) is 0 Å². The number of amides is 2. The zero-order valence-corrected chi connectivity index (χ0v) is 19.2. The molecule has 1 fully saturated rings. The largest absolute Gasteiger partial charge is 0.416 e. The van der Waals surface area contributed by atoms with E-state index in [2.05, 4.69) is 31.3 Å². The molecule has 0 unspecified atom stereocenters. The van der Waals surface area contributed by atoms with Crippen LogP contribution in [0.2, 0.25) is 0 Å². The second-order valence-electron chi connectivity index (χ2n) is 8.57. The van der Waals surface area contributed by atoms with Gasteiger partial charge in [-0.2, -0.15) is 13.2 Å². The number of hydrogen-bond donors (Lipinski definition) is 3. The third-order valence-electron chi connectivity index (χ3n) is 5.91. The summed E-state index contributed by atoms with van der Waals surface area (Å²) in [4.78, 5) is 25.9. The van der Waals surface area contributed by atoms with Gasteiger partial charge in [0.15, 0.2) is 5.82 Å². The fraction of sp³-hybridized carbons (Fsp3) is 0.348. The van der Waals surface area contributed by atoms with Crippen LogP contribution in [0.1, 0.15) is 41.3 Å². The molecule has 3 aromatic rings. The summed E-state index contributed by atoms with van der Waals surface area (Å²) < 4.78 is 58.4. The van der Waals surface area contributed by atoms with Gasteiger partial charge in [0.2, 0.25) is 5.91 Å². The molecule has 4 rings (SSSR count). The topological polar surface area (TPSA) is 122 Å². The number of alkyl halides is 3. The molecule has 13 heteroatoms. The molecule has 0 radical (unpaired) electrons. The number of aromatic nitrogens is 4. The van der Waals surface area contributed by atoms with Gasteiger partial charge < -0.3 is 15.4 Å². The van der Waals surface area contributed by atoms with Crippen LogP contribution in [0.15, 0.2) is 36.4 Å². The van der Waals surface area contributed by atoms with E-state index in [1.165, 1.54) is 25.3 Å². The van der Waals surface area contributed by atoms with Gasteiger partial charge in [-0.15, -0.1) is 5.10 Å². The summed E-state index contributed by atoms with van der Waals surface area (Å²) in [6.07, 6.45) is -4.14. The molecule has 2 aromatic carbocycles. The average molecular weight is 506 g/mol. The van der Waals surface area contributed by atoms with Crippen LogP contribution in [0.3, 0.4) is 0 Å². The monoisotopic (exact) mass is 506 g/mol. The number of nitrogens with one attached hydrogen (secondary N) is 3. The first-order chi connectivity index (χ1) is 17.0. The van der Waals surface area contributed by atoms with Gasteiger partial charge in [0.05, 0.1) is 23.1 Å². The first kappa shape index (κ1) is 25.2. The van der Waals surface area contributed by atoms with Crippen LogP contribution in [-0.4, -0.2) is 52.2 Å². The van der Waals surface area contributed by atoms with Crippen LogP contribution in [-0.2, 0) is 21.1 Å². The minimum Gasteiger partial charge on any atom is -0.383 e. The minimum atomic E-state index is -4.69. The molecule has 1 atom stereocenters. The number of hydrogen-bond acceptors (Lipinski definition) is 6. The number of anilines is 1. The minimum absolute atomic E-state index is 0.101. The van der Waals surface area contributed by atoms with E-state index in [1.54, 1.807) is 6.92 Å².